The van der Waals surface area contributed by atoms with Crippen molar-refractivity contribution in [2.45, 2.75) is 40.0 Å². The number of carbonyl (C=O) groups excluding carboxylic acids is 1. The molecule has 33 heavy (non-hydrogen) atoms. The largest absolute Gasteiger partial charge is 0.303 e. The zero-order valence-corrected chi connectivity index (χ0v) is 20.8. The highest BCUT2D eigenvalue weighted by molar-refractivity contribution is 6.30. The van der Waals surface area contributed by atoms with Crippen LogP contribution in [0.5, 0.6) is 0 Å². The van der Waals surface area contributed by atoms with Crippen molar-refractivity contribution in [2.75, 3.05) is 19.6 Å². The lowest BCUT2D eigenvalue weighted by Crippen LogP contribution is -2.36. The number of nitrogens with zero attached hydrogens (tertiary/aromatic N) is 3. The number of halogens is 1. The summed E-state index contributed by atoms with van der Waals surface area (Å²) < 4.78 is 3.57. The van der Waals surface area contributed by atoms with E-state index < -0.39 is 0 Å². The van der Waals surface area contributed by atoms with E-state index in [2.05, 4.69) is 11.8 Å². The maximum absolute atomic E-state index is 12.3. The Labute approximate surface area is 201 Å². The van der Waals surface area contributed by atoms with Gasteiger partial charge >= 0.3 is 0 Å². The Balaban J connectivity index is 0.000000189. The van der Waals surface area contributed by atoms with Gasteiger partial charge in [-0.2, -0.15) is 0 Å². The summed E-state index contributed by atoms with van der Waals surface area (Å²) in [4.78, 5) is 26.7. The van der Waals surface area contributed by atoms with E-state index >= 15 is 0 Å². The topological polar surface area (TPSA) is 47.2 Å². The van der Waals surface area contributed by atoms with E-state index in [1.165, 1.54) is 6.42 Å². The first-order valence-electron chi connectivity index (χ1n) is 11.7. The van der Waals surface area contributed by atoms with E-state index in [9.17, 15) is 9.59 Å². The molecule has 1 aromatic heterocycles. The Kier molecular flexibility index (Phi) is 8.70. The van der Waals surface area contributed by atoms with Crippen molar-refractivity contribution in [3.8, 4) is 5.69 Å². The number of rotatable bonds is 5. The number of carbonyl (C=O) groups is 1. The minimum Gasteiger partial charge on any atom is -0.303 e. The lowest BCUT2D eigenvalue weighted by atomic mass is 9.89. The number of para-hydroxylation sites is 1. The second kappa shape index (κ2) is 11.5. The SMILES string of the molecule is CCCN1CCC(C(=O)c2ccc(Cl)cc2)CC1.Cc1c(C)n(C)n(-c2ccccc2)c1=O. The average Bonchev–Trinajstić information content (AvgIpc) is 3.03. The van der Waals surface area contributed by atoms with Crippen LogP contribution in [0.2, 0.25) is 5.02 Å². The molecular weight excluding hydrogens is 434 g/mol. The van der Waals surface area contributed by atoms with Crippen LogP contribution in [0.25, 0.3) is 5.69 Å². The van der Waals surface area contributed by atoms with Crippen LogP contribution in [-0.2, 0) is 7.05 Å². The van der Waals surface area contributed by atoms with Crippen LogP contribution < -0.4 is 5.56 Å². The minimum atomic E-state index is 0.0567. The van der Waals surface area contributed by atoms with Gasteiger partial charge in [-0.3, -0.25) is 14.3 Å². The maximum atomic E-state index is 12.3. The van der Waals surface area contributed by atoms with Gasteiger partial charge in [-0.25, -0.2) is 4.68 Å². The molecule has 0 aliphatic carbocycles. The number of Topliss-reactive ketones (excluding diaryl/α,β-unsaturated/α-hetero) is 1. The van der Waals surface area contributed by atoms with Gasteiger partial charge in [0.25, 0.3) is 5.56 Å². The number of piperidine rings is 1. The van der Waals surface area contributed by atoms with Crippen LogP contribution in [0.15, 0.2) is 59.4 Å². The number of likely N-dealkylation sites (tertiary alicyclic amines) is 1. The van der Waals surface area contributed by atoms with Gasteiger partial charge < -0.3 is 4.90 Å². The van der Waals surface area contributed by atoms with Crippen molar-refractivity contribution < 1.29 is 4.79 Å². The molecule has 1 aliphatic heterocycles. The van der Waals surface area contributed by atoms with Crippen LogP contribution in [0, 0.1) is 19.8 Å². The van der Waals surface area contributed by atoms with Crippen LogP contribution in [0.1, 0.15) is 47.8 Å². The number of aromatic nitrogens is 2. The van der Waals surface area contributed by atoms with E-state index in [0.29, 0.717) is 5.02 Å². The summed E-state index contributed by atoms with van der Waals surface area (Å²) in [6.07, 6.45) is 3.17. The molecule has 0 atom stereocenters. The zero-order valence-electron chi connectivity index (χ0n) is 20.1. The summed E-state index contributed by atoms with van der Waals surface area (Å²) in [6, 6.07) is 16.9. The standard InChI is InChI=1S/C15H20ClNO.C12H14N2O/c1-2-9-17-10-7-13(8-11-17)15(18)12-3-5-14(16)6-4-12;1-9-10(2)13(3)14(12(9)15)11-7-5-4-6-8-11/h3-6,13H,2,7-11H2,1H3;4-8H,1-3H3. The van der Waals surface area contributed by atoms with E-state index in [1.54, 1.807) is 16.8 Å². The predicted octanol–water partition coefficient (Wildman–Crippen LogP) is 5.44. The summed E-state index contributed by atoms with van der Waals surface area (Å²) >= 11 is 5.84. The quantitative estimate of drug-likeness (QED) is 0.469. The molecule has 0 bridgehead atoms. The van der Waals surface area contributed by atoms with Crippen LogP contribution in [0.4, 0.5) is 0 Å². The molecule has 0 saturated carbocycles. The van der Waals surface area contributed by atoms with Crippen molar-refractivity contribution in [1.82, 2.24) is 14.3 Å². The van der Waals surface area contributed by atoms with Gasteiger partial charge in [0.1, 0.15) is 0 Å². The number of benzene rings is 2. The first-order chi connectivity index (χ1) is 15.8. The predicted molar refractivity (Wildman–Crippen MR) is 136 cm³/mol. The van der Waals surface area contributed by atoms with Gasteiger partial charge in [0.15, 0.2) is 5.78 Å². The van der Waals surface area contributed by atoms with Gasteiger partial charge in [-0.15, -0.1) is 0 Å². The Morgan fingerprint density at radius 2 is 1.61 bits per heavy atom. The maximum Gasteiger partial charge on any atom is 0.274 e. The molecule has 2 heterocycles. The van der Waals surface area contributed by atoms with Gasteiger partial charge in [-0.05, 0) is 89.1 Å². The zero-order chi connectivity index (χ0) is 24.0. The molecule has 5 nitrogen and oxygen atoms in total. The first kappa shape index (κ1) is 25.0. The van der Waals surface area contributed by atoms with Crippen molar-refractivity contribution in [2.24, 2.45) is 13.0 Å². The molecule has 1 fully saturated rings. The molecule has 1 saturated heterocycles. The van der Waals surface area contributed by atoms with E-state index in [0.717, 1.165) is 55.0 Å². The molecule has 0 N–H and O–H groups in total. The second-order valence-corrected chi connectivity index (χ2v) is 9.11. The van der Waals surface area contributed by atoms with Gasteiger partial charge in [0.2, 0.25) is 0 Å². The highest BCUT2D eigenvalue weighted by atomic mass is 35.5. The fraction of sp³-hybridized carbons (Fsp3) is 0.407. The van der Waals surface area contributed by atoms with Crippen LogP contribution in [0.3, 0.4) is 0 Å². The van der Waals surface area contributed by atoms with Gasteiger partial charge in [0.05, 0.1) is 5.69 Å². The van der Waals surface area contributed by atoms with Crippen LogP contribution >= 0.6 is 11.6 Å². The van der Waals surface area contributed by atoms with E-state index in [1.807, 2.05) is 68.0 Å². The van der Waals surface area contributed by atoms with Crippen molar-refractivity contribution in [3.05, 3.63) is 86.8 Å². The molecule has 2 aromatic carbocycles. The van der Waals surface area contributed by atoms with Crippen molar-refractivity contribution >= 4 is 17.4 Å². The third-order valence-corrected chi connectivity index (χ3v) is 6.72. The number of hydrogen-bond acceptors (Lipinski definition) is 3. The average molecular weight is 468 g/mol. The van der Waals surface area contributed by atoms with E-state index in [-0.39, 0.29) is 17.3 Å². The summed E-state index contributed by atoms with van der Waals surface area (Å²) in [5, 5.41) is 0.685. The summed E-state index contributed by atoms with van der Waals surface area (Å²) in [5.41, 5.74) is 3.57. The molecule has 0 amide bonds. The van der Waals surface area contributed by atoms with Crippen molar-refractivity contribution in [1.29, 1.82) is 0 Å². The lowest BCUT2D eigenvalue weighted by Gasteiger charge is -2.30. The molecule has 1 aliphatic rings. The molecule has 0 spiro atoms. The Bertz CT molecular complexity index is 1110. The Morgan fingerprint density at radius 1 is 1.00 bits per heavy atom. The highest BCUT2D eigenvalue weighted by Crippen LogP contribution is 2.22. The van der Waals surface area contributed by atoms with Crippen LogP contribution in [-0.4, -0.2) is 39.7 Å². The van der Waals surface area contributed by atoms with Gasteiger partial charge in [-0.1, -0.05) is 36.7 Å². The lowest BCUT2D eigenvalue weighted by molar-refractivity contribution is 0.0840. The molecule has 3 aromatic rings. The summed E-state index contributed by atoms with van der Waals surface area (Å²) in [5.74, 6) is 0.474. The van der Waals surface area contributed by atoms with Gasteiger partial charge in [0, 0.05) is 34.8 Å². The summed E-state index contributed by atoms with van der Waals surface area (Å²) in [6.45, 7) is 9.27. The third-order valence-electron chi connectivity index (χ3n) is 6.47. The molecule has 6 heteroatoms. The molecular formula is C27H34ClN3O2. The smallest absolute Gasteiger partial charge is 0.274 e. The fourth-order valence-electron chi connectivity index (χ4n) is 4.29. The summed E-state index contributed by atoms with van der Waals surface area (Å²) in [7, 11) is 1.90. The molecule has 176 valence electrons. The minimum absolute atomic E-state index is 0.0567. The normalized spacial score (nSPS) is 14.6. The van der Waals surface area contributed by atoms with E-state index in [4.69, 9.17) is 11.6 Å². The molecule has 4 rings (SSSR count). The van der Waals surface area contributed by atoms with Crippen molar-refractivity contribution in [3.63, 3.8) is 0 Å². The Morgan fingerprint density at radius 3 is 2.12 bits per heavy atom. The third kappa shape index (κ3) is 6.04. The molecule has 0 unspecified atom stereocenters. The second-order valence-electron chi connectivity index (χ2n) is 8.67. The Hall–Kier alpha value is -2.63. The fourth-order valence-corrected chi connectivity index (χ4v) is 4.41. The highest BCUT2D eigenvalue weighted by Gasteiger charge is 2.25. The number of hydrogen-bond donors (Lipinski definition) is 0. The monoisotopic (exact) mass is 467 g/mol. The first-order valence-corrected chi connectivity index (χ1v) is 12.0. The molecule has 0 radical (unpaired) electrons. The number of ketones is 1.